The van der Waals surface area contributed by atoms with Gasteiger partial charge in [-0.15, -0.1) is 0 Å². The van der Waals surface area contributed by atoms with Crippen LogP contribution < -0.4 is 10.3 Å². The smallest absolute Gasteiger partial charge is 0.266 e. The first-order valence-electron chi connectivity index (χ1n) is 8.01. The van der Waals surface area contributed by atoms with Crippen LogP contribution in [0.4, 0.5) is 0 Å². The molecule has 0 bridgehead atoms. The van der Waals surface area contributed by atoms with Crippen molar-refractivity contribution in [2.45, 2.75) is 6.54 Å². The van der Waals surface area contributed by atoms with Crippen molar-refractivity contribution in [1.82, 2.24) is 10.4 Å². The van der Waals surface area contributed by atoms with E-state index in [0.717, 1.165) is 42.2 Å². The van der Waals surface area contributed by atoms with Crippen LogP contribution in [0.3, 0.4) is 0 Å². The second-order valence-corrected chi connectivity index (χ2v) is 7.19. The van der Waals surface area contributed by atoms with Crippen molar-refractivity contribution in [3.8, 4) is 0 Å². The minimum Gasteiger partial charge on any atom is -0.329 e. The van der Waals surface area contributed by atoms with Crippen LogP contribution >= 0.6 is 27.5 Å². The molecule has 0 aliphatic carbocycles. The zero-order chi connectivity index (χ0) is 16.9. The van der Waals surface area contributed by atoms with Crippen LogP contribution in [0.2, 0.25) is 5.02 Å². The molecule has 4 nitrogen and oxygen atoms in total. The summed E-state index contributed by atoms with van der Waals surface area (Å²) in [5, 5.41) is 2.83. The highest BCUT2D eigenvalue weighted by Crippen LogP contribution is 2.16. The van der Waals surface area contributed by atoms with Gasteiger partial charge in [-0.3, -0.25) is 10.2 Å². The molecular formula is C18H20BrClN3O+. The summed E-state index contributed by atoms with van der Waals surface area (Å²) >= 11 is 9.66. The summed E-state index contributed by atoms with van der Waals surface area (Å²) in [6.07, 6.45) is 0. The highest BCUT2D eigenvalue weighted by Gasteiger charge is 2.22. The Labute approximate surface area is 155 Å². The van der Waals surface area contributed by atoms with Gasteiger partial charge in [0, 0.05) is 15.1 Å². The van der Waals surface area contributed by atoms with E-state index < -0.39 is 0 Å². The van der Waals surface area contributed by atoms with Gasteiger partial charge in [0.15, 0.2) is 0 Å². The van der Waals surface area contributed by atoms with E-state index in [1.807, 2.05) is 47.5 Å². The number of piperazine rings is 1. The molecule has 6 heteroatoms. The molecule has 1 amide bonds. The molecule has 2 aromatic rings. The molecule has 24 heavy (non-hydrogen) atoms. The average Bonchev–Trinajstić information content (AvgIpc) is 2.59. The topological polar surface area (TPSA) is 36.8 Å². The Morgan fingerprint density at radius 3 is 2.50 bits per heavy atom. The summed E-state index contributed by atoms with van der Waals surface area (Å²) < 4.78 is 0.811. The van der Waals surface area contributed by atoms with E-state index in [1.165, 1.54) is 10.5 Å². The normalized spacial score (nSPS) is 16.1. The molecule has 1 aliphatic rings. The maximum Gasteiger partial charge on any atom is 0.266 e. The molecule has 0 aromatic heterocycles. The summed E-state index contributed by atoms with van der Waals surface area (Å²) in [5.41, 5.74) is 4.83. The summed E-state index contributed by atoms with van der Waals surface area (Å²) in [4.78, 5) is 13.8. The zero-order valence-electron chi connectivity index (χ0n) is 13.3. The molecule has 0 radical (unpaired) electrons. The number of benzene rings is 2. The number of carbonyl (C=O) groups is 1. The molecule has 3 rings (SSSR count). The fourth-order valence-corrected chi connectivity index (χ4v) is 3.54. The largest absolute Gasteiger partial charge is 0.329 e. The maximum atomic E-state index is 12.3. The molecule has 2 N–H and O–H groups in total. The van der Waals surface area contributed by atoms with Crippen molar-refractivity contribution in [3.63, 3.8) is 0 Å². The van der Waals surface area contributed by atoms with Gasteiger partial charge in [-0.25, -0.2) is 5.01 Å². The van der Waals surface area contributed by atoms with Gasteiger partial charge in [-0.2, -0.15) is 0 Å². The van der Waals surface area contributed by atoms with E-state index in [1.54, 1.807) is 0 Å². The van der Waals surface area contributed by atoms with Gasteiger partial charge in [0.2, 0.25) is 0 Å². The number of amides is 1. The Morgan fingerprint density at radius 1 is 1.12 bits per heavy atom. The molecule has 2 aromatic carbocycles. The van der Waals surface area contributed by atoms with Gasteiger partial charge in [-0.05, 0) is 34.1 Å². The SMILES string of the molecule is O=C(NN1CC[NH+](Cc2ccccc2Cl)CC1)c1ccccc1Br. The van der Waals surface area contributed by atoms with E-state index in [2.05, 4.69) is 27.4 Å². The van der Waals surface area contributed by atoms with Crippen molar-refractivity contribution in [3.05, 3.63) is 69.2 Å². The summed E-state index contributed by atoms with van der Waals surface area (Å²) in [5.74, 6) is -0.0722. The number of hydrogen-bond acceptors (Lipinski definition) is 2. The first-order chi connectivity index (χ1) is 11.6. The van der Waals surface area contributed by atoms with Crippen molar-refractivity contribution in [2.24, 2.45) is 0 Å². The molecule has 1 aliphatic heterocycles. The summed E-state index contributed by atoms with van der Waals surface area (Å²) in [6.45, 7) is 4.53. The summed E-state index contributed by atoms with van der Waals surface area (Å²) in [6, 6.07) is 15.5. The van der Waals surface area contributed by atoms with E-state index in [0.29, 0.717) is 5.56 Å². The molecule has 126 valence electrons. The van der Waals surface area contributed by atoms with Crippen molar-refractivity contribution >= 4 is 33.4 Å². The zero-order valence-corrected chi connectivity index (χ0v) is 15.6. The number of quaternary nitrogens is 1. The van der Waals surface area contributed by atoms with E-state index >= 15 is 0 Å². The van der Waals surface area contributed by atoms with Gasteiger partial charge in [0.05, 0.1) is 31.7 Å². The quantitative estimate of drug-likeness (QED) is 0.812. The predicted molar refractivity (Wildman–Crippen MR) is 99.0 cm³/mol. The van der Waals surface area contributed by atoms with Gasteiger partial charge < -0.3 is 4.90 Å². The number of nitrogens with one attached hydrogen (secondary N) is 2. The van der Waals surface area contributed by atoms with Crippen LogP contribution in [0.15, 0.2) is 53.0 Å². The highest BCUT2D eigenvalue weighted by molar-refractivity contribution is 9.10. The Hall–Kier alpha value is -1.40. The van der Waals surface area contributed by atoms with Crippen LogP contribution in [0.5, 0.6) is 0 Å². The van der Waals surface area contributed by atoms with Crippen LogP contribution in [0.1, 0.15) is 15.9 Å². The number of halogens is 2. The molecule has 0 unspecified atom stereocenters. The Kier molecular flexibility index (Phi) is 5.89. The highest BCUT2D eigenvalue weighted by atomic mass is 79.9. The van der Waals surface area contributed by atoms with Crippen molar-refractivity contribution in [1.29, 1.82) is 0 Å². The lowest BCUT2D eigenvalue weighted by molar-refractivity contribution is -0.918. The second kappa shape index (κ2) is 8.12. The number of nitrogens with zero attached hydrogens (tertiary/aromatic N) is 1. The number of hydrogen-bond donors (Lipinski definition) is 2. The third kappa shape index (κ3) is 4.36. The van der Waals surface area contributed by atoms with Crippen molar-refractivity contribution in [2.75, 3.05) is 26.2 Å². The van der Waals surface area contributed by atoms with E-state index in [9.17, 15) is 4.79 Å². The molecule has 1 heterocycles. The fourth-order valence-electron chi connectivity index (χ4n) is 2.87. The third-order valence-electron chi connectivity index (χ3n) is 4.25. The van der Waals surface area contributed by atoms with Crippen molar-refractivity contribution < 1.29 is 9.69 Å². The first-order valence-corrected chi connectivity index (χ1v) is 9.18. The fraction of sp³-hybridized carbons (Fsp3) is 0.278. The Morgan fingerprint density at radius 2 is 1.79 bits per heavy atom. The molecule has 1 fully saturated rings. The third-order valence-corrected chi connectivity index (χ3v) is 5.31. The number of rotatable bonds is 4. The minimum absolute atomic E-state index is 0.0722. The lowest BCUT2D eigenvalue weighted by Crippen LogP contribution is -3.13. The molecular weight excluding hydrogens is 390 g/mol. The maximum absolute atomic E-state index is 12.3. The standard InChI is InChI=1S/C18H19BrClN3O/c19-16-7-3-2-6-15(16)18(24)21-23-11-9-22(10-12-23)13-14-5-1-4-8-17(14)20/h1-8H,9-13H2,(H,21,24)/p+1. The van der Waals surface area contributed by atoms with Gasteiger partial charge in [0.25, 0.3) is 5.91 Å². The van der Waals surface area contributed by atoms with Crippen LogP contribution in [0.25, 0.3) is 0 Å². The predicted octanol–water partition coefficient (Wildman–Crippen LogP) is 2.15. The van der Waals surface area contributed by atoms with Crippen LogP contribution in [0, 0.1) is 0 Å². The second-order valence-electron chi connectivity index (χ2n) is 5.93. The average molecular weight is 410 g/mol. The minimum atomic E-state index is -0.0722. The Balaban J connectivity index is 1.51. The van der Waals surface area contributed by atoms with Crippen LogP contribution in [-0.2, 0) is 6.54 Å². The molecule has 0 saturated carbocycles. The molecule has 0 atom stereocenters. The number of hydrazine groups is 1. The van der Waals surface area contributed by atoms with E-state index in [4.69, 9.17) is 11.6 Å². The van der Waals surface area contributed by atoms with Gasteiger partial charge in [-0.1, -0.05) is 41.9 Å². The lowest BCUT2D eigenvalue weighted by atomic mass is 10.2. The monoisotopic (exact) mass is 408 g/mol. The van der Waals surface area contributed by atoms with Gasteiger partial charge >= 0.3 is 0 Å². The van der Waals surface area contributed by atoms with Gasteiger partial charge in [0.1, 0.15) is 6.54 Å². The first kappa shape index (κ1) is 17.4. The molecule has 0 spiro atoms. The number of carbonyl (C=O) groups excluding carboxylic acids is 1. The molecule has 1 saturated heterocycles. The lowest BCUT2D eigenvalue weighted by Gasteiger charge is -2.32. The van der Waals surface area contributed by atoms with Crippen LogP contribution in [-0.4, -0.2) is 37.1 Å². The van der Waals surface area contributed by atoms with E-state index in [-0.39, 0.29) is 5.91 Å². The Bertz CT molecular complexity index is 717. The summed E-state index contributed by atoms with van der Waals surface area (Å²) in [7, 11) is 0.